The summed E-state index contributed by atoms with van der Waals surface area (Å²) in [7, 11) is 1.73. The Morgan fingerprint density at radius 2 is 2.08 bits per heavy atom. The van der Waals surface area contributed by atoms with Crippen LogP contribution in [0.4, 0.5) is 0 Å². The van der Waals surface area contributed by atoms with Gasteiger partial charge in [0.15, 0.2) is 0 Å². The number of hydrogen-bond acceptors (Lipinski definition) is 6. The lowest BCUT2D eigenvalue weighted by molar-refractivity contribution is 0.321. The molecule has 7 nitrogen and oxygen atoms in total. The molecule has 0 aliphatic carbocycles. The summed E-state index contributed by atoms with van der Waals surface area (Å²) >= 11 is 0. The van der Waals surface area contributed by atoms with Crippen LogP contribution in [0.1, 0.15) is 17.9 Å². The van der Waals surface area contributed by atoms with E-state index < -0.39 is 0 Å². The first kappa shape index (κ1) is 16.8. The van der Waals surface area contributed by atoms with E-state index in [1.165, 1.54) is 0 Å². The molecule has 1 atom stereocenters. The van der Waals surface area contributed by atoms with Gasteiger partial charge in [0, 0.05) is 38.3 Å². The fourth-order valence-corrected chi connectivity index (χ4v) is 3.37. The summed E-state index contributed by atoms with van der Waals surface area (Å²) in [5, 5.41) is 9.29. The van der Waals surface area contributed by atoms with Crippen molar-refractivity contribution in [1.29, 1.82) is 0 Å². The van der Waals surface area contributed by atoms with Crippen molar-refractivity contribution in [2.75, 3.05) is 13.1 Å². The van der Waals surface area contributed by atoms with Gasteiger partial charge in [-0.2, -0.15) is 10.2 Å². The second kappa shape index (κ2) is 6.59. The summed E-state index contributed by atoms with van der Waals surface area (Å²) in [5.74, 6) is 0.695. The molecule has 3 heterocycles. The summed E-state index contributed by atoms with van der Waals surface area (Å²) in [5.41, 5.74) is 9.13. The van der Waals surface area contributed by atoms with Crippen LogP contribution in [0, 0.1) is 6.92 Å². The van der Waals surface area contributed by atoms with E-state index in [0.717, 1.165) is 43.0 Å². The summed E-state index contributed by atoms with van der Waals surface area (Å²) in [6.07, 6.45) is 1.03. The Hall–Kier alpha value is -2.64. The van der Waals surface area contributed by atoms with E-state index in [-0.39, 0.29) is 11.6 Å². The maximum Gasteiger partial charge on any atom is 0.261 e. The Morgan fingerprint density at radius 3 is 2.77 bits per heavy atom. The molecule has 1 saturated heterocycles. The van der Waals surface area contributed by atoms with Crippen LogP contribution in [0.25, 0.3) is 22.2 Å². The number of fused-ring (bicyclic) bond motifs is 1. The zero-order valence-electron chi connectivity index (χ0n) is 15.0. The van der Waals surface area contributed by atoms with E-state index in [2.05, 4.69) is 20.1 Å². The number of benzene rings is 1. The van der Waals surface area contributed by atoms with Gasteiger partial charge in [0.05, 0.1) is 22.3 Å². The van der Waals surface area contributed by atoms with Gasteiger partial charge in [0.25, 0.3) is 5.56 Å². The molecule has 26 heavy (non-hydrogen) atoms. The van der Waals surface area contributed by atoms with Crippen LogP contribution in [0.15, 0.2) is 35.1 Å². The van der Waals surface area contributed by atoms with Crippen LogP contribution in [0.2, 0.25) is 0 Å². The number of nitrogens with zero attached hydrogens (tertiary/aromatic N) is 5. The standard InChI is InChI=1S/C19H22N6O/c1-12-21-18-5-3-13(9-16(18)19(26)24(12)2)17-6-4-15(22-23-17)11-25-8-7-14(20)10-25/h3-6,9,14H,7-8,10-11,20H2,1-2H3. The fraction of sp³-hybridized carbons (Fsp3) is 0.368. The molecule has 0 spiro atoms. The highest BCUT2D eigenvalue weighted by Crippen LogP contribution is 2.20. The van der Waals surface area contributed by atoms with Gasteiger partial charge < -0.3 is 5.73 Å². The quantitative estimate of drug-likeness (QED) is 0.764. The molecule has 0 bridgehead atoms. The number of hydrogen-bond donors (Lipinski definition) is 1. The summed E-state index contributed by atoms with van der Waals surface area (Å²) < 4.78 is 1.56. The average molecular weight is 350 g/mol. The molecule has 1 aromatic carbocycles. The second-order valence-corrected chi connectivity index (χ2v) is 6.95. The average Bonchev–Trinajstić information content (AvgIpc) is 3.05. The van der Waals surface area contributed by atoms with Crippen molar-refractivity contribution in [1.82, 2.24) is 24.6 Å². The highest BCUT2D eigenvalue weighted by molar-refractivity contribution is 5.83. The monoisotopic (exact) mass is 350 g/mol. The molecule has 1 aliphatic heterocycles. The Balaban J connectivity index is 1.62. The van der Waals surface area contributed by atoms with Crippen LogP contribution in [-0.2, 0) is 13.6 Å². The van der Waals surface area contributed by atoms with Crippen molar-refractivity contribution in [2.24, 2.45) is 12.8 Å². The zero-order valence-corrected chi connectivity index (χ0v) is 15.0. The normalized spacial score (nSPS) is 17.9. The highest BCUT2D eigenvalue weighted by Gasteiger charge is 2.19. The minimum absolute atomic E-state index is 0.0516. The van der Waals surface area contributed by atoms with Gasteiger partial charge >= 0.3 is 0 Å². The minimum Gasteiger partial charge on any atom is -0.326 e. The van der Waals surface area contributed by atoms with E-state index >= 15 is 0 Å². The third kappa shape index (κ3) is 3.11. The second-order valence-electron chi connectivity index (χ2n) is 6.95. The van der Waals surface area contributed by atoms with E-state index in [1.54, 1.807) is 11.6 Å². The molecule has 1 unspecified atom stereocenters. The number of aromatic nitrogens is 4. The van der Waals surface area contributed by atoms with Gasteiger partial charge in [-0.3, -0.25) is 14.3 Å². The third-order valence-electron chi connectivity index (χ3n) is 5.01. The minimum atomic E-state index is -0.0516. The lowest BCUT2D eigenvalue weighted by Crippen LogP contribution is -2.26. The molecular formula is C19H22N6O. The topological polar surface area (TPSA) is 89.9 Å². The van der Waals surface area contributed by atoms with Gasteiger partial charge in [0.1, 0.15) is 5.82 Å². The molecule has 1 aliphatic rings. The van der Waals surface area contributed by atoms with Crippen LogP contribution < -0.4 is 11.3 Å². The van der Waals surface area contributed by atoms with Gasteiger partial charge in [-0.25, -0.2) is 4.98 Å². The van der Waals surface area contributed by atoms with E-state index in [1.807, 2.05) is 37.3 Å². The fourth-order valence-electron chi connectivity index (χ4n) is 3.37. The maximum atomic E-state index is 12.5. The first-order valence-electron chi connectivity index (χ1n) is 8.79. The smallest absolute Gasteiger partial charge is 0.261 e. The Kier molecular flexibility index (Phi) is 4.26. The number of rotatable bonds is 3. The number of nitrogens with two attached hydrogens (primary N) is 1. The third-order valence-corrected chi connectivity index (χ3v) is 5.01. The molecule has 7 heteroatoms. The molecule has 2 aromatic heterocycles. The Bertz CT molecular complexity index is 1010. The lowest BCUT2D eigenvalue weighted by atomic mass is 10.1. The SMILES string of the molecule is Cc1nc2ccc(-c3ccc(CN4CCC(N)C4)nn3)cc2c(=O)n1C. The van der Waals surface area contributed by atoms with Crippen molar-refractivity contribution in [2.45, 2.75) is 25.9 Å². The lowest BCUT2D eigenvalue weighted by Gasteiger charge is -2.14. The maximum absolute atomic E-state index is 12.5. The summed E-state index contributed by atoms with van der Waals surface area (Å²) in [6, 6.07) is 9.83. The molecule has 3 aromatic rings. The first-order valence-corrected chi connectivity index (χ1v) is 8.79. The number of aryl methyl sites for hydroxylation is 1. The summed E-state index contributed by atoms with van der Waals surface area (Å²) in [6.45, 7) is 4.50. The van der Waals surface area contributed by atoms with Crippen molar-refractivity contribution in [3.8, 4) is 11.3 Å². The van der Waals surface area contributed by atoms with E-state index in [9.17, 15) is 4.79 Å². The van der Waals surface area contributed by atoms with Crippen molar-refractivity contribution >= 4 is 10.9 Å². The van der Waals surface area contributed by atoms with E-state index in [0.29, 0.717) is 16.7 Å². The molecule has 134 valence electrons. The first-order chi connectivity index (χ1) is 12.5. The van der Waals surface area contributed by atoms with Crippen LogP contribution >= 0.6 is 0 Å². The number of likely N-dealkylation sites (tertiary alicyclic amines) is 1. The largest absolute Gasteiger partial charge is 0.326 e. The van der Waals surface area contributed by atoms with Crippen LogP contribution in [0.5, 0.6) is 0 Å². The highest BCUT2D eigenvalue weighted by atomic mass is 16.1. The molecule has 1 fully saturated rings. The van der Waals surface area contributed by atoms with Gasteiger partial charge in [0.2, 0.25) is 0 Å². The van der Waals surface area contributed by atoms with Crippen molar-refractivity contribution < 1.29 is 0 Å². The van der Waals surface area contributed by atoms with Crippen LogP contribution in [-0.4, -0.2) is 43.8 Å². The van der Waals surface area contributed by atoms with Gasteiger partial charge in [-0.1, -0.05) is 6.07 Å². The molecule has 0 amide bonds. The molecule has 0 saturated carbocycles. The molecule has 2 N–H and O–H groups in total. The van der Waals surface area contributed by atoms with Crippen molar-refractivity contribution in [3.63, 3.8) is 0 Å². The Labute approximate surface area is 151 Å². The van der Waals surface area contributed by atoms with E-state index in [4.69, 9.17) is 5.73 Å². The van der Waals surface area contributed by atoms with Crippen LogP contribution in [0.3, 0.4) is 0 Å². The van der Waals surface area contributed by atoms with Crippen molar-refractivity contribution in [3.05, 3.63) is 52.2 Å². The predicted molar refractivity (Wildman–Crippen MR) is 101 cm³/mol. The van der Waals surface area contributed by atoms with Gasteiger partial charge in [-0.05, 0) is 37.6 Å². The molecule has 0 radical (unpaired) electrons. The van der Waals surface area contributed by atoms with Gasteiger partial charge in [-0.15, -0.1) is 0 Å². The zero-order chi connectivity index (χ0) is 18.3. The Morgan fingerprint density at radius 1 is 1.23 bits per heavy atom. The predicted octanol–water partition coefficient (Wildman–Crippen LogP) is 1.23. The molecular weight excluding hydrogens is 328 g/mol. The summed E-state index contributed by atoms with van der Waals surface area (Å²) in [4.78, 5) is 19.2. The molecule has 4 rings (SSSR count).